The number of carbonyl (C=O) groups excluding carboxylic acids is 1. The lowest BCUT2D eigenvalue weighted by Gasteiger charge is -2.26. The summed E-state index contributed by atoms with van der Waals surface area (Å²) in [7, 11) is 0. The number of hydrogen-bond acceptors (Lipinski definition) is 5. The van der Waals surface area contributed by atoms with Gasteiger partial charge in [-0.25, -0.2) is 9.97 Å². The minimum atomic E-state index is -0.532. The summed E-state index contributed by atoms with van der Waals surface area (Å²) in [5.41, 5.74) is 3.31. The lowest BCUT2D eigenvalue weighted by atomic mass is 9.94. The summed E-state index contributed by atoms with van der Waals surface area (Å²) in [5.74, 6) is 0.548. The van der Waals surface area contributed by atoms with Gasteiger partial charge in [0.1, 0.15) is 5.82 Å². The van der Waals surface area contributed by atoms with Gasteiger partial charge in [-0.1, -0.05) is 30.3 Å². The molecule has 28 heavy (non-hydrogen) atoms. The Hall–Kier alpha value is -3.22. The average Bonchev–Trinajstić information content (AvgIpc) is 3.19. The SMILES string of the molecule is Cc1nc(C(=O)NC(C)(C)c2ccccc2)nc(NCCc2cn[nH]c2)c1C. The minimum absolute atomic E-state index is 0.165. The molecule has 0 aliphatic rings. The summed E-state index contributed by atoms with van der Waals surface area (Å²) in [4.78, 5) is 21.7. The standard InChI is InChI=1S/C21H26N6O/c1-14-15(2)25-19(26-18(14)22-11-10-16-12-23-24-13-16)20(28)27-21(3,4)17-8-6-5-7-9-17/h5-9,12-13H,10-11H2,1-4H3,(H,23,24)(H,27,28)(H,22,25,26). The number of aromatic amines is 1. The van der Waals surface area contributed by atoms with Crippen LogP contribution in [-0.4, -0.2) is 32.6 Å². The minimum Gasteiger partial charge on any atom is -0.369 e. The molecule has 0 aliphatic carbocycles. The van der Waals surface area contributed by atoms with Gasteiger partial charge in [0, 0.05) is 24.0 Å². The number of carbonyl (C=O) groups is 1. The van der Waals surface area contributed by atoms with Crippen LogP contribution in [0.2, 0.25) is 0 Å². The molecule has 0 radical (unpaired) electrons. The number of rotatable bonds is 7. The van der Waals surface area contributed by atoms with Crippen molar-refractivity contribution in [2.75, 3.05) is 11.9 Å². The highest BCUT2D eigenvalue weighted by molar-refractivity contribution is 5.91. The van der Waals surface area contributed by atoms with Crippen molar-refractivity contribution >= 4 is 11.7 Å². The Morgan fingerprint density at radius 1 is 1.14 bits per heavy atom. The fourth-order valence-corrected chi connectivity index (χ4v) is 2.91. The second kappa shape index (κ2) is 8.21. The predicted molar refractivity (Wildman–Crippen MR) is 109 cm³/mol. The number of nitrogens with zero attached hydrogens (tertiary/aromatic N) is 3. The fourth-order valence-electron chi connectivity index (χ4n) is 2.91. The van der Waals surface area contributed by atoms with Crippen molar-refractivity contribution in [3.8, 4) is 0 Å². The molecule has 0 spiro atoms. The van der Waals surface area contributed by atoms with Gasteiger partial charge in [-0.15, -0.1) is 0 Å². The Morgan fingerprint density at radius 2 is 1.89 bits per heavy atom. The molecule has 7 heteroatoms. The second-order valence-corrected chi connectivity index (χ2v) is 7.33. The smallest absolute Gasteiger partial charge is 0.289 e. The molecule has 0 saturated carbocycles. The van der Waals surface area contributed by atoms with Gasteiger partial charge in [-0.3, -0.25) is 9.89 Å². The van der Waals surface area contributed by atoms with E-state index in [0.717, 1.165) is 28.8 Å². The average molecular weight is 378 g/mol. The highest BCUT2D eigenvalue weighted by Gasteiger charge is 2.25. The van der Waals surface area contributed by atoms with E-state index in [4.69, 9.17) is 0 Å². The van der Waals surface area contributed by atoms with Crippen LogP contribution in [-0.2, 0) is 12.0 Å². The normalized spacial score (nSPS) is 11.3. The van der Waals surface area contributed by atoms with Crippen LogP contribution in [0.5, 0.6) is 0 Å². The van der Waals surface area contributed by atoms with Crippen molar-refractivity contribution in [1.82, 2.24) is 25.5 Å². The highest BCUT2D eigenvalue weighted by Crippen LogP contribution is 2.21. The first kappa shape index (κ1) is 19.5. The van der Waals surface area contributed by atoms with Crippen LogP contribution < -0.4 is 10.6 Å². The number of aryl methyl sites for hydroxylation is 1. The second-order valence-electron chi connectivity index (χ2n) is 7.33. The Morgan fingerprint density at radius 3 is 2.57 bits per heavy atom. The first-order valence-corrected chi connectivity index (χ1v) is 9.31. The third kappa shape index (κ3) is 4.54. The Bertz CT molecular complexity index is 935. The van der Waals surface area contributed by atoms with Crippen molar-refractivity contribution in [3.63, 3.8) is 0 Å². The van der Waals surface area contributed by atoms with E-state index < -0.39 is 5.54 Å². The molecule has 7 nitrogen and oxygen atoms in total. The molecule has 1 amide bonds. The van der Waals surface area contributed by atoms with E-state index in [1.807, 2.05) is 64.2 Å². The number of hydrogen-bond donors (Lipinski definition) is 3. The molecule has 2 heterocycles. The van der Waals surface area contributed by atoms with Crippen LogP contribution in [0.25, 0.3) is 0 Å². The fraction of sp³-hybridized carbons (Fsp3) is 0.333. The maximum atomic E-state index is 12.8. The molecular weight excluding hydrogens is 352 g/mol. The molecule has 0 aliphatic heterocycles. The topological polar surface area (TPSA) is 95.6 Å². The lowest BCUT2D eigenvalue weighted by Crippen LogP contribution is -2.41. The van der Waals surface area contributed by atoms with Gasteiger partial charge in [-0.2, -0.15) is 5.10 Å². The van der Waals surface area contributed by atoms with Crippen LogP contribution >= 0.6 is 0 Å². The largest absolute Gasteiger partial charge is 0.369 e. The van der Waals surface area contributed by atoms with E-state index >= 15 is 0 Å². The summed E-state index contributed by atoms with van der Waals surface area (Å²) in [6.07, 6.45) is 4.47. The van der Waals surface area contributed by atoms with E-state index in [0.29, 0.717) is 12.4 Å². The van der Waals surface area contributed by atoms with Crippen molar-refractivity contribution in [2.45, 2.75) is 39.7 Å². The Balaban J connectivity index is 1.74. The van der Waals surface area contributed by atoms with Crippen LogP contribution in [0, 0.1) is 13.8 Å². The molecule has 3 aromatic rings. The number of aromatic nitrogens is 4. The molecule has 146 valence electrons. The molecule has 0 saturated heterocycles. The molecule has 3 rings (SSSR count). The number of nitrogens with one attached hydrogen (secondary N) is 3. The third-order valence-electron chi connectivity index (χ3n) is 4.77. The maximum absolute atomic E-state index is 12.8. The molecule has 0 atom stereocenters. The molecule has 0 fully saturated rings. The summed E-state index contributed by atoms with van der Waals surface area (Å²) in [5, 5.41) is 13.1. The van der Waals surface area contributed by atoms with Crippen LogP contribution in [0.4, 0.5) is 5.82 Å². The Kier molecular flexibility index (Phi) is 5.73. The summed E-state index contributed by atoms with van der Waals surface area (Å²) in [6, 6.07) is 9.85. The van der Waals surface area contributed by atoms with Crippen molar-refractivity contribution < 1.29 is 4.79 Å². The molecule has 0 unspecified atom stereocenters. The Labute approximate surface area is 165 Å². The third-order valence-corrected chi connectivity index (χ3v) is 4.77. The zero-order chi connectivity index (χ0) is 20.1. The van der Waals surface area contributed by atoms with Gasteiger partial charge in [0.25, 0.3) is 5.91 Å². The first-order chi connectivity index (χ1) is 13.4. The van der Waals surface area contributed by atoms with Crippen LogP contribution in [0.1, 0.15) is 46.9 Å². The van der Waals surface area contributed by atoms with Gasteiger partial charge < -0.3 is 10.6 Å². The van der Waals surface area contributed by atoms with Crippen molar-refractivity contribution in [1.29, 1.82) is 0 Å². The zero-order valence-corrected chi connectivity index (χ0v) is 16.7. The van der Waals surface area contributed by atoms with Gasteiger partial charge in [0.2, 0.25) is 5.82 Å². The summed E-state index contributed by atoms with van der Waals surface area (Å²) >= 11 is 0. The number of benzene rings is 1. The first-order valence-electron chi connectivity index (χ1n) is 9.31. The van der Waals surface area contributed by atoms with Gasteiger partial charge in [0.05, 0.1) is 11.7 Å². The monoisotopic (exact) mass is 378 g/mol. The number of anilines is 1. The summed E-state index contributed by atoms with van der Waals surface area (Å²) in [6.45, 7) is 8.45. The molecule has 0 bridgehead atoms. The van der Waals surface area contributed by atoms with Gasteiger partial charge in [0.15, 0.2) is 0 Å². The maximum Gasteiger partial charge on any atom is 0.289 e. The molecule has 1 aromatic carbocycles. The molecule has 2 aromatic heterocycles. The van der Waals surface area contributed by atoms with Crippen molar-refractivity contribution in [3.05, 3.63) is 70.9 Å². The highest BCUT2D eigenvalue weighted by atomic mass is 16.2. The quantitative estimate of drug-likeness (QED) is 0.587. The molecular formula is C21H26N6O. The predicted octanol–water partition coefficient (Wildman–Crippen LogP) is 3.14. The van der Waals surface area contributed by atoms with Crippen LogP contribution in [0.15, 0.2) is 42.7 Å². The van der Waals surface area contributed by atoms with Crippen LogP contribution in [0.3, 0.4) is 0 Å². The van der Waals surface area contributed by atoms with E-state index in [1.54, 1.807) is 6.20 Å². The van der Waals surface area contributed by atoms with E-state index in [9.17, 15) is 4.79 Å². The number of H-pyrrole nitrogens is 1. The zero-order valence-electron chi connectivity index (χ0n) is 16.7. The van der Waals surface area contributed by atoms with Gasteiger partial charge >= 0.3 is 0 Å². The molecule has 3 N–H and O–H groups in total. The van der Waals surface area contributed by atoms with Gasteiger partial charge in [-0.05, 0) is 45.2 Å². The van der Waals surface area contributed by atoms with Crippen molar-refractivity contribution in [2.24, 2.45) is 0 Å². The number of amides is 1. The van der Waals surface area contributed by atoms with E-state index in [1.165, 1.54) is 0 Å². The van der Waals surface area contributed by atoms with E-state index in [-0.39, 0.29) is 11.7 Å². The lowest BCUT2D eigenvalue weighted by molar-refractivity contribution is 0.0901. The van der Waals surface area contributed by atoms with E-state index in [2.05, 4.69) is 30.8 Å². The summed E-state index contributed by atoms with van der Waals surface area (Å²) < 4.78 is 0.